The molecular weight excluding hydrogens is 246 g/mol. The fourth-order valence-electron chi connectivity index (χ4n) is 1.94. The van der Waals surface area contributed by atoms with Crippen LogP contribution in [0, 0.1) is 0 Å². The summed E-state index contributed by atoms with van der Waals surface area (Å²) in [7, 11) is 0. The molecule has 2 rings (SSSR count). The van der Waals surface area contributed by atoms with Gasteiger partial charge in [0.2, 0.25) is 0 Å². The first kappa shape index (κ1) is 12.3. The van der Waals surface area contributed by atoms with E-state index in [0.717, 1.165) is 30.8 Å². The predicted molar refractivity (Wildman–Crippen MR) is 66.0 cm³/mol. The molecule has 1 aliphatic heterocycles. The molecular formula is C11H16ClNO2S. The fraction of sp³-hybridized carbons (Fsp3) is 0.636. The number of rotatable bonds is 3. The van der Waals surface area contributed by atoms with Crippen molar-refractivity contribution in [2.45, 2.75) is 25.0 Å². The molecule has 1 unspecified atom stereocenters. The van der Waals surface area contributed by atoms with Gasteiger partial charge in [-0.25, -0.2) is 0 Å². The van der Waals surface area contributed by atoms with E-state index < -0.39 is 6.10 Å². The molecule has 90 valence electrons. The van der Waals surface area contributed by atoms with Crippen LogP contribution in [-0.4, -0.2) is 40.9 Å². The summed E-state index contributed by atoms with van der Waals surface area (Å²) >= 11 is 7.25. The van der Waals surface area contributed by atoms with Gasteiger partial charge >= 0.3 is 0 Å². The van der Waals surface area contributed by atoms with E-state index in [-0.39, 0.29) is 6.10 Å². The highest BCUT2D eigenvalue weighted by atomic mass is 35.5. The zero-order valence-electron chi connectivity index (χ0n) is 8.97. The lowest BCUT2D eigenvalue weighted by Crippen LogP contribution is -2.38. The Balaban J connectivity index is 1.85. The van der Waals surface area contributed by atoms with Crippen LogP contribution in [0.3, 0.4) is 0 Å². The second-order valence-electron chi connectivity index (χ2n) is 4.19. The van der Waals surface area contributed by atoms with Crippen LogP contribution in [0.1, 0.15) is 23.8 Å². The highest BCUT2D eigenvalue weighted by Crippen LogP contribution is 2.27. The predicted octanol–water partition coefficient (Wildman–Crippen LogP) is 1.89. The smallest absolute Gasteiger partial charge is 0.101 e. The fourth-order valence-corrected chi connectivity index (χ4v) is 2.98. The molecule has 2 N–H and O–H groups in total. The molecule has 1 fully saturated rings. The number of likely N-dealkylation sites (tertiary alicyclic amines) is 1. The summed E-state index contributed by atoms with van der Waals surface area (Å²) in [5.41, 5.74) is 0. The second-order valence-corrected chi connectivity index (χ2v) is 5.94. The number of piperidine rings is 1. The van der Waals surface area contributed by atoms with E-state index in [1.807, 2.05) is 12.1 Å². The molecule has 0 amide bonds. The number of halogens is 1. The zero-order valence-corrected chi connectivity index (χ0v) is 10.5. The van der Waals surface area contributed by atoms with Crippen LogP contribution < -0.4 is 0 Å². The van der Waals surface area contributed by atoms with Crippen molar-refractivity contribution < 1.29 is 10.2 Å². The number of β-amino-alcohol motifs (C(OH)–C–C–N with tert-alkyl or cyclic N) is 1. The SMILES string of the molecule is OC1CCN(CC(O)c2ccc(Cl)s2)CC1. The lowest BCUT2D eigenvalue weighted by atomic mass is 10.1. The molecule has 1 aliphatic rings. The molecule has 0 radical (unpaired) electrons. The third kappa shape index (κ3) is 3.18. The Hall–Kier alpha value is -0.130. The van der Waals surface area contributed by atoms with Crippen molar-refractivity contribution in [2.75, 3.05) is 19.6 Å². The maximum Gasteiger partial charge on any atom is 0.101 e. The normalized spacial score (nSPS) is 21.2. The third-order valence-electron chi connectivity index (χ3n) is 2.91. The molecule has 0 bridgehead atoms. The lowest BCUT2D eigenvalue weighted by Gasteiger charge is -2.30. The maximum absolute atomic E-state index is 10.00. The first-order valence-electron chi connectivity index (χ1n) is 5.49. The first-order valence-corrected chi connectivity index (χ1v) is 6.68. The Morgan fingerprint density at radius 3 is 2.69 bits per heavy atom. The number of aliphatic hydroxyl groups is 2. The summed E-state index contributed by atoms with van der Waals surface area (Å²) in [6.45, 7) is 2.35. The molecule has 0 aromatic carbocycles. The third-order valence-corrected chi connectivity index (χ3v) is 4.24. The van der Waals surface area contributed by atoms with Crippen molar-refractivity contribution in [3.63, 3.8) is 0 Å². The van der Waals surface area contributed by atoms with Crippen molar-refractivity contribution in [3.8, 4) is 0 Å². The Morgan fingerprint density at radius 1 is 1.44 bits per heavy atom. The van der Waals surface area contributed by atoms with Crippen LogP contribution in [0.4, 0.5) is 0 Å². The number of aliphatic hydroxyl groups excluding tert-OH is 2. The van der Waals surface area contributed by atoms with Crippen LogP contribution in [0.5, 0.6) is 0 Å². The van der Waals surface area contributed by atoms with E-state index in [4.69, 9.17) is 11.6 Å². The van der Waals surface area contributed by atoms with Crippen LogP contribution >= 0.6 is 22.9 Å². The van der Waals surface area contributed by atoms with Gasteiger partial charge in [0.05, 0.1) is 10.4 Å². The molecule has 3 nitrogen and oxygen atoms in total. The topological polar surface area (TPSA) is 43.7 Å². The van der Waals surface area contributed by atoms with Gasteiger partial charge in [-0.05, 0) is 25.0 Å². The molecule has 16 heavy (non-hydrogen) atoms. The maximum atomic E-state index is 10.00. The first-order chi connectivity index (χ1) is 7.65. The van der Waals surface area contributed by atoms with Crippen molar-refractivity contribution in [3.05, 3.63) is 21.3 Å². The summed E-state index contributed by atoms with van der Waals surface area (Å²) in [6, 6.07) is 3.68. The summed E-state index contributed by atoms with van der Waals surface area (Å²) in [6.07, 6.45) is 0.979. The van der Waals surface area contributed by atoms with Crippen LogP contribution in [0.15, 0.2) is 12.1 Å². The van der Waals surface area contributed by atoms with Gasteiger partial charge in [0.15, 0.2) is 0 Å². The van der Waals surface area contributed by atoms with Gasteiger partial charge in [0.25, 0.3) is 0 Å². The minimum absolute atomic E-state index is 0.162. The number of nitrogens with zero attached hydrogens (tertiary/aromatic N) is 1. The molecule has 2 heterocycles. The summed E-state index contributed by atoms with van der Waals surface area (Å²) in [5.74, 6) is 0. The van der Waals surface area contributed by atoms with E-state index in [2.05, 4.69) is 4.90 Å². The van der Waals surface area contributed by atoms with Gasteiger partial charge in [0, 0.05) is 24.5 Å². The Morgan fingerprint density at radius 2 is 2.12 bits per heavy atom. The number of hydrogen-bond acceptors (Lipinski definition) is 4. The van der Waals surface area contributed by atoms with E-state index in [1.165, 1.54) is 11.3 Å². The van der Waals surface area contributed by atoms with Crippen LogP contribution in [0.2, 0.25) is 4.34 Å². The highest BCUT2D eigenvalue weighted by Gasteiger charge is 2.20. The van der Waals surface area contributed by atoms with Crippen LogP contribution in [-0.2, 0) is 0 Å². The molecule has 1 aromatic heterocycles. The molecule has 0 spiro atoms. The molecule has 0 saturated carbocycles. The van der Waals surface area contributed by atoms with E-state index in [0.29, 0.717) is 10.9 Å². The van der Waals surface area contributed by atoms with Crippen LogP contribution in [0.25, 0.3) is 0 Å². The van der Waals surface area contributed by atoms with Crippen molar-refractivity contribution in [1.29, 1.82) is 0 Å². The summed E-state index contributed by atoms with van der Waals surface area (Å²) in [5, 5.41) is 19.4. The molecule has 5 heteroatoms. The van der Waals surface area contributed by atoms with Gasteiger partial charge in [-0.2, -0.15) is 0 Å². The van der Waals surface area contributed by atoms with Gasteiger partial charge in [-0.1, -0.05) is 11.6 Å². The summed E-state index contributed by atoms with van der Waals surface area (Å²) in [4.78, 5) is 3.10. The number of thiophene rings is 1. The average Bonchev–Trinajstić information content (AvgIpc) is 2.68. The second kappa shape index (κ2) is 5.47. The minimum Gasteiger partial charge on any atom is -0.393 e. The van der Waals surface area contributed by atoms with E-state index in [9.17, 15) is 10.2 Å². The van der Waals surface area contributed by atoms with Crippen molar-refractivity contribution >= 4 is 22.9 Å². The zero-order chi connectivity index (χ0) is 11.5. The Labute approximate surface area is 104 Å². The average molecular weight is 262 g/mol. The monoisotopic (exact) mass is 261 g/mol. The molecule has 1 atom stereocenters. The highest BCUT2D eigenvalue weighted by molar-refractivity contribution is 7.16. The Kier molecular flexibility index (Phi) is 4.21. The molecule has 0 aliphatic carbocycles. The van der Waals surface area contributed by atoms with Crippen molar-refractivity contribution in [2.24, 2.45) is 0 Å². The quantitative estimate of drug-likeness (QED) is 0.873. The van der Waals surface area contributed by atoms with Crippen molar-refractivity contribution in [1.82, 2.24) is 4.90 Å². The van der Waals surface area contributed by atoms with Gasteiger partial charge in [-0.3, -0.25) is 0 Å². The minimum atomic E-state index is -0.465. The number of hydrogen-bond donors (Lipinski definition) is 2. The van der Waals surface area contributed by atoms with E-state index in [1.54, 1.807) is 0 Å². The van der Waals surface area contributed by atoms with Gasteiger partial charge in [-0.15, -0.1) is 11.3 Å². The standard InChI is InChI=1S/C11H16ClNO2S/c12-11-2-1-10(16-11)9(15)7-13-5-3-8(14)4-6-13/h1-2,8-9,14-15H,3-7H2. The molecule has 1 saturated heterocycles. The van der Waals surface area contributed by atoms with E-state index >= 15 is 0 Å². The summed E-state index contributed by atoms with van der Waals surface area (Å²) < 4.78 is 0.711. The van der Waals surface area contributed by atoms with Gasteiger partial charge in [0.1, 0.15) is 6.10 Å². The Bertz CT molecular complexity index is 336. The largest absolute Gasteiger partial charge is 0.393 e. The lowest BCUT2D eigenvalue weighted by molar-refractivity contribution is 0.0518. The molecule has 1 aromatic rings. The van der Waals surface area contributed by atoms with Gasteiger partial charge < -0.3 is 15.1 Å².